The Kier molecular flexibility index (Phi) is 3.00. The Morgan fingerprint density at radius 3 is 2.41 bits per heavy atom. The Hall–Kier alpha value is -1.65. The molecule has 1 heterocycles. The number of rotatable bonds is 2. The van der Waals surface area contributed by atoms with E-state index in [4.69, 9.17) is 34.7 Å². The van der Waals surface area contributed by atoms with Gasteiger partial charge in [0.15, 0.2) is 0 Å². The first kappa shape index (κ1) is 11.8. The highest BCUT2D eigenvalue weighted by atomic mass is 35.5. The average molecular weight is 270 g/mol. The van der Waals surface area contributed by atoms with Gasteiger partial charge in [-0.05, 0) is 23.8 Å². The predicted molar refractivity (Wildman–Crippen MR) is 69.2 cm³/mol. The zero-order chi connectivity index (χ0) is 12.6. The monoisotopic (exact) mass is 269 g/mol. The van der Waals surface area contributed by atoms with Gasteiger partial charge < -0.3 is 16.5 Å². The molecular formula is C11H9Cl2N3O. The Labute approximate surface area is 108 Å². The molecule has 5 N–H and O–H groups in total. The van der Waals surface area contributed by atoms with E-state index >= 15 is 0 Å². The number of H-pyrrole nitrogens is 1. The summed E-state index contributed by atoms with van der Waals surface area (Å²) in [6.45, 7) is 0. The summed E-state index contributed by atoms with van der Waals surface area (Å²) < 4.78 is 0. The van der Waals surface area contributed by atoms with Crippen LogP contribution >= 0.6 is 23.2 Å². The van der Waals surface area contributed by atoms with E-state index in [-0.39, 0.29) is 11.4 Å². The lowest BCUT2D eigenvalue weighted by molar-refractivity contribution is 0.100. The molecule has 1 aromatic carbocycles. The largest absolute Gasteiger partial charge is 0.385 e. The summed E-state index contributed by atoms with van der Waals surface area (Å²) in [6, 6.07) is 6.70. The Balaban J connectivity index is 2.50. The van der Waals surface area contributed by atoms with Crippen molar-refractivity contribution in [3.63, 3.8) is 0 Å². The lowest BCUT2D eigenvalue weighted by Crippen LogP contribution is -2.11. The number of carbonyl (C=O) groups excluding carboxylic acids is 1. The van der Waals surface area contributed by atoms with Crippen LogP contribution in [0.4, 0.5) is 5.82 Å². The van der Waals surface area contributed by atoms with Crippen molar-refractivity contribution in [2.75, 3.05) is 5.73 Å². The van der Waals surface area contributed by atoms with Gasteiger partial charge in [-0.15, -0.1) is 0 Å². The number of nitrogens with two attached hydrogens (primary N) is 2. The first-order valence-electron chi connectivity index (χ1n) is 4.72. The van der Waals surface area contributed by atoms with Gasteiger partial charge in [0.1, 0.15) is 5.82 Å². The minimum absolute atomic E-state index is 0.235. The number of anilines is 1. The molecule has 0 aliphatic carbocycles. The average Bonchev–Trinajstić information content (AvgIpc) is 2.64. The number of halogens is 2. The van der Waals surface area contributed by atoms with Crippen LogP contribution in [0, 0.1) is 0 Å². The van der Waals surface area contributed by atoms with E-state index in [1.165, 1.54) is 0 Å². The Morgan fingerprint density at radius 2 is 1.88 bits per heavy atom. The summed E-state index contributed by atoms with van der Waals surface area (Å²) in [6.07, 6.45) is 0. The van der Waals surface area contributed by atoms with Crippen LogP contribution < -0.4 is 11.5 Å². The van der Waals surface area contributed by atoms with Crippen molar-refractivity contribution >= 4 is 34.9 Å². The summed E-state index contributed by atoms with van der Waals surface area (Å²) in [5, 5.41) is 0.892. The van der Waals surface area contributed by atoms with Gasteiger partial charge in [0.2, 0.25) is 0 Å². The van der Waals surface area contributed by atoms with Crippen LogP contribution in [0.15, 0.2) is 24.3 Å². The van der Waals surface area contributed by atoms with E-state index in [9.17, 15) is 4.79 Å². The van der Waals surface area contributed by atoms with E-state index < -0.39 is 5.91 Å². The topological polar surface area (TPSA) is 84.9 Å². The third kappa shape index (κ3) is 2.23. The fourth-order valence-electron chi connectivity index (χ4n) is 1.49. The number of benzene rings is 1. The molecule has 1 aromatic heterocycles. The molecule has 0 atom stereocenters. The van der Waals surface area contributed by atoms with Crippen LogP contribution in [0.5, 0.6) is 0 Å². The highest BCUT2D eigenvalue weighted by Gasteiger charge is 2.12. The van der Waals surface area contributed by atoms with Gasteiger partial charge in [0.05, 0.1) is 15.6 Å². The summed E-state index contributed by atoms with van der Waals surface area (Å²) in [7, 11) is 0. The molecule has 0 saturated carbocycles. The number of aromatic nitrogens is 1. The molecule has 0 radical (unpaired) electrons. The van der Waals surface area contributed by atoms with E-state index in [1.54, 1.807) is 24.3 Å². The maximum Gasteiger partial charge on any atom is 0.252 e. The van der Waals surface area contributed by atoms with Crippen LogP contribution in [-0.4, -0.2) is 10.9 Å². The summed E-state index contributed by atoms with van der Waals surface area (Å²) in [5.74, 6) is -0.344. The molecule has 0 saturated heterocycles. The third-order valence-electron chi connectivity index (χ3n) is 2.34. The molecule has 2 rings (SSSR count). The van der Waals surface area contributed by atoms with E-state index in [0.717, 1.165) is 5.56 Å². The van der Waals surface area contributed by atoms with Crippen molar-refractivity contribution in [2.45, 2.75) is 0 Å². The van der Waals surface area contributed by atoms with Gasteiger partial charge in [-0.1, -0.05) is 29.3 Å². The molecular weight excluding hydrogens is 261 g/mol. The van der Waals surface area contributed by atoms with Gasteiger partial charge in [0, 0.05) is 5.69 Å². The zero-order valence-corrected chi connectivity index (χ0v) is 10.1. The second-order valence-electron chi connectivity index (χ2n) is 3.50. The molecule has 6 heteroatoms. The molecule has 2 aromatic rings. The fraction of sp³-hybridized carbons (Fsp3) is 0. The van der Waals surface area contributed by atoms with Crippen LogP contribution in [-0.2, 0) is 0 Å². The van der Waals surface area contributed by atoms with Crippen molar-refractivity contribution in [3.05, 3.63) is 39.9 Å². The molecule has 4 nitrogen and oxygen atoms in total. The lowest BCUT2D eigenvalue weighted by atomic mass is 10.1. The van der Waals surface area contributed by atoms with E-state index in [1.807, 2.05) is 0 Å². The number of hydrogen-bond acceptors (Lipinski definition) is 2. The summed E-state index contributed by atoms with van der Waals surface area (Å²) >= 11 is 11.7. The maximum absolute atomic E-state index is 11.1. The number of amides is 1. The number of aromatic amines is 1. The van der Waals surface area contributed by atoms with E-state index in [0.29, 0.717) is 15.7 Å². The van der Waals surface area contributed by atoms with Crippen LogP contribution in [0.3, 0.4) is 0 Å². The van der Waals surface area contributed by atoms with Crippen molar-refractivity contribution in [1.29, 1.82) is 0 Å². The molecule has 17 heavy (non-hydrogen) atoms. The van der Waals surface area contributed by atoms with E-state index in [2.05, 4.69) is 4.98 Å². The molecule has 0 fully saturated rings. The first-order chi connectivity index (χ1) is 7.99. The lowest BCUT2D eigenvalue weighted by Gasteiger charge is -2.00. The van der Waals surface area contributed by atoms with Gasteiger partial charge in [-0.25, -0.2) is 0 Å². The molecule has 88 valence electrons. The molecule has 0 unspecified atom stereocenters. The SMILES string of the molecule is NC(=O)c1cc(-c2ccc(Cl)c(Cl)c2)[nH]c1N. The predicted octanol–water partition coefficient (Wildman–Crippen LogP) is 2.67. The second-order valence-corrected chi connectivity index (χ2v) is 4.32. The van der Waals surface area contributed by atoms with Crippen LogP contribution in [0.25, 0.3) is 11.3 Å². The van der Waals surface area contributed by atoms with Crippen molar-refractivity contribution in [1.82, 2.24) is 4.98 Å². The zero-order valence-electron chi connectivity index (χ0n) is 8.63. The maximum atomic E-state index is 11.1. The standard InChI is InChI=1S/C11H9Cl2N3O/c12-7-2-1-5(3-8(7)13)9-4-6(11(15)17)10(14)16-9/h1-4,16H,14H2,(H2,15,17). The number of nitrogen functional groups attached to an aromatic ring is 1. The summed E-state index contributed by atoms with van der Waals surface area (Å²) in [4.78, 5) is 13.9. The van der Waals surface area contributed by atoms with Gasteiger partial charge in [-0.2, -0.15) is 0 Å². The Bertz CT molecular complexity index is 592. The third-order valence-corrected chi connectivity index (χ3v) is 3.08. The van der Waals surface area contributed by atoms with Crippen molar-refractivity contribution in [3.8, 4) is 11.3 Å². The number of hydrogen-bond donors (Lipinski definition) is 3. The second kappa shape index (κ2) is 4.31. The van der Waals surface area contributed by atoms with Crippen LogP contribution in [0.1, 0.15) is 10.4 Å². The van der Waals surface area contributed by atoms with Crippen molar-refractivity contribution < 1.29 is 4.79 Å². The number of primary amides is 1. The molecule has 0 aliphatic heterocycles. The van der Waals surface area contributed by atoms with Crippen molar-refractivity contribution in [2.24, 2.45) is 5.73 Å². The van der Waals surface area contributed by atoms with Gasteiger partial charge >= 0.3 is 0 Å². The summed E-state index contributed by atoms with van der Waals surface area (Å²) in [5.41, 5.74) is 12.5. The minimum Gasteiger partial charge on any atom is -0.385 e. The van der Waals surface area contributed by atoms with Gasteiger partial charge in [-0.3, -0.25) is 4.79 Å². The Morgan fingerprint density at radius 1 is 1.18 bits per heavy atom. The fourth-order valence-corrected chi connectivity index (χ4v) is 1.79. The number of carbonyl (C=O) groups is 1. The quantitative estimate of drug-likeness (QED) is 0.783. The van der Waals surface area contributed by atoms with Gasteiger partial charge in [0.25, 0.3) is 5.91 Å². The highest BCUT2D eigenvalue weighted by Crippen LogP contribution is 2.29. The molecule has 0 bridgehead atoms. The smallest absolute Gasteiger partial charge is 0.252 e. The highest BCUT2D eigenvalue weighted by molar-refractivity contribution is 6.42. The normalized spacial score (nSPS) is 10.5. The first-order valence-corrected chi connectivity index (χ1v) is 5.48. The number of nitrogens with one attached hydrogen (secondary N) is 1. The molecule has 1 amide bonds. The minimum atomic E-state index is -0.579. The molecule has 0 spiro atoms. The molecule has 0 aliphatic rings. The van der Waals surface area contributed by atoms with Crippen LogP contribution in [0.2, 0.25) is 10.0 Å².